The molecule has 26 heavy (non-hydrogen) atoms. The zero-order valence-electron chi connectivity index (χ0n) is 14.5. The molecule has 0 saturated carbocycles. The van der Waals surface area contributed by atoms with Gasteiger partial charge in [-0.3, -0.25) is 9.59 Å². The number of ether oxygens (including phenoxy) is 1. The van der Waals surface area contributed by atoms with Crippen LogP contribution in [0.5, 0.6) is 5.75 Å². The lowest BCUT2D eigenvalue weighted by Crippen LogP contribution is -2.28. The topological polar surface area (TPSA) is 102 Å². The van der Waals surface area contributed by atoms with Gasteiger partial charge in [-0.15, -0.1) is 0 Å². The zero-order valence-corrected chi connectivity index (χ0v) is 15.3. The van der Waals surface area contributed by atoms with Gasteiger partial charge >= 0.3 is 0 Å². The standard InChI is InChI=1S/C18H20N2O5S/c1-3-14-5-4-6-16(11-14)25-12-18(22)19-15-7-9-17(10-8-15)26(23,24)20-13(2)21/h4-11H,3,12H2,1-2H3,(H,19,22)(H,20,21). The van der Waals surface area contributed by atoms with E-state index in [0.717, 1.165) is 18.9 Å². The summed E-state index contributed by atoms with van der Waals surface area (Å²) in [7, 11) is -3.89. The second-order valence-corrected chi connectivity index (χ2v) is 7.21. The molecule has 0 fully saturated rings. The highest BCUT2D eigenvalue weighted by Crippen LogP contribution is 2.15. The van der Waals surface area contributed by atoms with Crippen LogP contribution < -0.4 is 14.8 Å². The number of carbonyl (C=O) groups excluding carboxylic acids is 2. The average molecular weight is 376 g/mol. The van der Waals surface area contributed by atoms with Gasteiger partial charge in [0.25, 0.3) is 15.9 Å². The number of nitrogens with one attached hydrogen (secondary N) is 2. The Bertz CT molecular complexity index is 892. The molecule has 0 unspecified atom stereocenters. The summed E-state index contributed by atoms with van der Waals surface area (Å²) in [5, 5.41) is 2.61. The number of sulfonamides is 1. The van der Waals surface area contributed by atoms with Crippen molar-refractivity contribution in [2.75, 3.05) is 11.9 Å². The first-order chi connectivity index (χ1) is 12.3. The van der Waals surface area contributed by atoms with Crippen LogP contribution in [0.2, 0.25) is 0 Å². The van der Waals surface area contributed by atoms with Gasteiger partial charge in [0.15, 0.2) is 6.61 Å². The predicted molar refractivity (Wildman–Crippen MR) is 97.4 cm³/mol. The van der Waals surface area contributed by atoms with Gasteiger partial charge in [0, 0.05) is 12.6 Å². The summed E-state index contributed by atoms with van der Waals surface area (Å²) >= 11 is 0. The van der Waals surface area contributed by atoms with E-state index < -0.39 is 15.9 Å². The quantitative estimate of drug-likeness (QED) is 0.770. The van der Waals surface area contributed by atoms with E-state index >= 15 is 0 Å². The van der Waals surface area contributed by atoms with Crippen LogP contribution in [-0.4, -0.2) is 26.8 Å². The van der Waals surface area contributed by atoms with E-state index in [1.807, 2.05) is 29.8 Å². The van der Waals surface area contributed by atoms with Crippen LogP contribution in [0.15, 0.2) is 53.4 Å². The summed E-state index contributed by atoms with van der Waals surface area (Å²) in [6, 6.07) is 12.9. The highest BCUT2D eigenvalue weighted by atomic mass is 32.2. The summed E-state index contributed by atoms with van der Waals surface area (Å²) in [6.07, 6.45) is 0.872. The molecule has 0 aliphatic heterocycles. The van der Waals surface area contributed by atoms with Crippen LogP contribution in [0.1, 0.15) is 19.4 Å². The molecule has 2 rings (SSSR count). The lowest BCUT2D eigenvalue weighted by atomic mass is 10.2. The van der Waals surface area contributed by atoms with Crippen molar-refractivity contribution in [3.05, 3.63) is 54.1 Å². The molecule has 0 radical (unpaired) electrons. The van der Waals surface area contributed by atoms with Gasteiger partial charge in [-0.25, -0.2) is 13.1 Å². The summed E-state index contributed by atoms with van der Waals surface area (Å²) in [5.74, 6) is -0.438. The maximum Gasteiger partial charge on any atom is 0.264 e. The molecule has 0 heterocycles. The van der Waals surface area contributed by atoms with Crippen molar-refractivity contribution in [1.82, 2.24) is 4.72 Å². The molecule has 2 aromatic rings. The SMILES string of the molecule is CCc1cccc(OCC(=O)Nc2ccc(S(=O)(=O)NC(C)=O)cc2)c1. The molecule has 0 atom stereocenters. The van der Waals surface area contributed by atoms with Crippen molar-refractivity contribution >= 4 is 27.5 Å². The molecule has 0 aliphatic carbocycles. The summed E-state index contributed by atoms with van der Waals surface area (Å²) in [5.41, 5.74) is 1.53. The van der Waals surface area contributed by atoms with E-state index in [1.165, 1.54) is 24.3 Å². The fourth-order valence-electron chi connectivity index (χ4n) is 2.17. The van der Waals surface area contributed by atoms with Crippen LogP contribution in [0.3, 0.4) is 0 Å². The Labute approximate surface area is 152 Å². The van der Waals surface area contributed by atoms with Crippen LogP contribution in [0, 0.1) is 0 Å². The van der Waals surface area contributed by atoms with Crippen LogP contribution in [0.4, 0.5) is 5.69 Å². The third-order valence-corrected chi connectivity index (χ3v) is 4.85. The first-order valence-electron chi connectivity index (χ1n) is 7.95. The van der Waals surface area contributed by atoms with Crippen LogP contribution in [0.25, 0.3) is 0 Å². The van der Waals surface area contributed by atoms with E-state index in [2.05, 4.69) is 5.32 Å². The van der Waals surface area contributed by atoms with Gasteiger partial charge in [0.05, 0.1) is 4.90 Å². The number of carbonyl (C=O) groups is 2. The minimum atomic E-state index is -3.89. The van der Waals surface area contributed by atoms with Crippen molar-refractivity contribution in [3.8, 4) is 5.75 Å². The van der Waals surface area contributed by atoms with Crippen LogP contribution in [-0.2, 0) is 26.0 Å². The van der Waals surface area contributed by atoms with E-state index in [0.29, 0.717) is 11.4 Å². The molecular weight excluding hydrogens is 356 g/mol. The summed E-state index contributed by atoms with van der Waals surface area (Å²) in [6.45, 7) is 2.98. The fraction of sp³-hybridized carbons (Fsp3) is 0.222. The predicted octanol–water partition coefficient (Wildman–Crippen LogP) is 2.09. The molecule has 2 N–H and O–H groups in total. The molecule has 2 aromatic carbocycles. The number of aryl methyl sites for hydroxylation is 1. The number of anilines is 1. The van der Waals surface area contributed by atoms with Crippen molar-refractivity contribution in [2.45, 2.75) is 25.2 Å². The normalized spacial score (nSPS) is 10.8. The fourth-order valence-corrected chi connectivity index (χ4v) is 3.16. The van der Waals surface area contributed by atoms with Crippen molar-refractivity contribution in [1.29, 1.82) is 0 Å². The van der Waals surface area contributed by atoms with Gasteiger partial charge < -0.3 is 10.1 Å². The average Bonchev–Trinajstić information content (AvgIpc) is 2.59. The van der Waals surface area contributed by atoms with E-state index in [4.69, 9.17) is 4.74 Å². The molecule has 0 spiro atoms. The molecule has 8 heteroatoms. The Morgan fingerprint density at radius 1 is 1.08 bits per heavy atom. The van der Waals surface area contributed by atoms with Crippen molar-refractivity contribution in [2.24, 2.45) is 0 Å². The molecule has 0 aromatic heterocycles. The van der Waals surface area contributed by atoms with Gasteiger partial charge in [0.1, 0.15) is 5.75 Å². The minimum absolute atomic E-state index is 0.0710. The van der Waals surface area contributed by atoms with Crippen molar-refractivity contribution in [3.63, 3.8) is 0 Å². The minimum Gasteiger partial charge on any atom is -0.484 e. The molecule has 138 valence electrons. The Morgan fingerprint density at radius 3 is 2.38 bits per heavy atom. The van der Waals surface area contributed by atoms with Gasteiger partial charge in [-0.05, 0) is 48.4 Å². The summed E-state index contributed by atoms with van der Waals surface area (Å²) < 4.78 is 31.0. The molecular formula is C18H20N2O5S. The zero-order chi connectivity index (χ0) is 19.2. The third-order valence-electron chi connectivity index (χ3n) is 3.40. The number of hydrogen-bond donors (Lipinski definition) is 2. The number of benzene rings is 2. The highest BCUT2D eigenvalue weighted by molar-refractivity contribution is 7.90. The van der Waals surface area contributed by atoms with E-state index in [9.17, 15) is 18.0 Å². The van der Waals surface area contributed by atoms with Gasteiger partial charge in [-0.1, -0.05) is 19.1 Å². The monoisotopic (exact) mass is 376 g/mol. The van der Waals surface area contributed by atoms with E-state index in [1.54, 1.807) is 6.07 Å². The molecule has 7 nitrogen and oxygen atoms in total. The molecule has 0 bridgehead atoms. The maximum absolute atomic E-state index is 12.0. The smallest absolute Gasteiger partial charge is 0.264 e. The number of rotatable bonds is 7. The third kappa shape index (κ3) is 5.59. The second kappa shape index (κ2) is 8.48. The van der Waals surface area contributed by atoms with Crippen molar-refractivity contribution < 1.29 is 22.7 Å². The van der Waals surface area contributed by atoms with Crippen LogP contribution >= 0.6 is 0 Å². The Morgan fingerprint density at radius 2 is 1.77 bits per heavy atom. The second-order valence-electron chi connectivity index (χ2n) is 5.52. The Balaban J connectivity index is 1.94. The first kappa shape index (κ1) is 19.5. The number of amides is 2. The molecule has 0 saturated heterocycles. The Hall–Kier alpha value is -2.87. The van der Waals surface area contributed by atoms with Gasteiger partial charge in [-0.2, -0.15) is 0 Å². The lowest BCUT2D eigenvalue weighted by molar-refractivity contribution is -0.118. The number of hydrogen-bond acceptors (Lipinski definition) is 5. The largest absolute Gasteiger partial charge is 0.484 e. The molecule has 2 amide bonds. The summed E-state index contributed by atoms with van der Waals surface area (Å²) in [4.78, 5) is 22.8. The lowest BCUT2D eigenvalue weighted by Gasteiger charge is -2.09. The first-order valence-corrected chi connectivity index (χ1v) is 9.43. The molecule has 0 aliphatic rings. The Kier molecular flexibility index (Phi) is 6.35. The highest BCUT2D eigenvalue weighted by Gasteiger charge is 2.15. The maximum atomic E-state index is 12.0. The van der Waals surface area contributed by atoms with E-state index in [-0.39, 0.29) is 17.4 Å². The van der Waals surface area contributed by atoms with Gasteiger partial charge in [0.2, 0.25) is 5.91 Å².